The molecule has 0 aliphatic heterocycles. The van der Waals surface area contributed by atoms with E-state index in [0.29, 0.717) is 6.54 Å². The van der Waals surface area contributed by atoms with E-state index in [0.717, 1.165) is 34.9 Å². The van der Waals surface area contributed by atoms with E-state index in [2.05, 4.69) is 43.1 Å². The maximum atomic E-state index is 12.8. The standard InChI is InChI=1S/C23H23N3OS/c1-3-17-9-11-18(12-10-17)14-25(2)15-20-13-22(27)26-21(16-28-23(26)24-20)19-7-5-4-6-8-19/h4-13,16H,3,14-15H2,1-2H3. The van der Waals surface area contributed by atoms with Crippen LogP contribution >= 0.6 is 11.3 Å². The van der Waals surface area contributed by atoms with Crippen molar-refractivity contribution in [3.63, 3.8) is 0 Å². The summed E-state index contributed by atoms with van der Waals surface area (Å²) < 4.78 is 1.70. The van der Waals surface area contributed by atoms with Crippen LogP contribution in [0.15, 0.2) is 70.8 Å². The summed E-state index contributed by atoms with van der Waals surface area (Å²) in [7, 11) is 2.06. The van der Waals surface area contributed by atoms with Gasteiger partial charge in [-0.3, -0.25) is 14.1 Å². The first kappa shape index (κ1) is 18.6. The van der Waals surface area contributed by atoms with Gasteiger partial charge in [0.15, 0.2) is 4.96 Å². The molecule has 4 aromatic rings. The normalized spacial score (nSPS) is 11.4. The van der Waals surface area contributed by atoms with Crippen molar-refractivity contribution in [2.45, 2.75) is 26.4 Å². The van der Waals surface area contributed by atoms with Crippen LogP contribution in [0, 0.1) is 0 Å². The highest BCUT2D eigenvalue weighted by Gasteiger charge is 2.12. The molecule has 0 N–H and O–H groups in total. The molecule has 0 aliphatic rings. The van der Waals surface area contributed by atoms with E-state index in [-0.39, 0.29) is 5.56 Å². The molecule has 0 spiro atoms. The lowest BCUT2D eigenvalue weighted by molar-refractivity contribution is 0.315. The molecule has 0 aliphatic carbocycles. The second kappa shape index (κ2) is 8.09. The molecule has 2 aromatic carbocycles. The van der Waals surface area contributed by atoms with E-state index in [1.54, 1.807) is 10.5 Å². The molecule has 0 atom stereocenters. The lowest BCUT2D eigenvalue weighted by Crippen LogP contribution is -2.21. The number of thiazole rings is 1. The van der Waals surface area contributed by atoms with Gasteiger partial charge in [-0.25, -0.2) is 4.98 Å². The summed E-state index contributed by atoms with van der Waals surface area (Å²) in [4.78, 5) is 20.4. The fraction of sp³-hybridized carbons (Fsp3) is 0.217. The van der Waals surface area contributed by atoms with Crippen LogP contribution < -0.4 is 5.56 Å². The molecule has 0 radical (unpaired) electrons. The number of hydrogen-bond donors (Lipinski definition) is 0. The number of fused-ring (bicyclic) bond motifs is 1. The lowest BCUT2D eigenvalue weighted by Gasteiger charge is -2.16. The topological polar surface area (TPSA) is 37.6 Å². The summed E-state index contributed by atoms with van der Waals surface area (Å²) in [6.45, 7) is 3.62. The first-order chi connectivity index (χ1) is 13.6. The Balaban J connectivity index is 1.55. The van der Waals surface area contributed by atoms with E-state index >= 15 is 0 Å². The minimum absolute atomic E-state index is 0.0270. The fourth-order valence-electron chi connectivity index (χ4n) is 3.38. The molecule has 0 saturated heterocycles. The van der Waals surface area contributed by atoms with Crippen molar-refractivity contribution in [1.82, 2.24) is 14.3 Å². The Hall–Kier alpha value is -2.76. The van der Waals surface area contributed by atoms with E-state index in [9.17, 15) is 4.79 Å². The Bertz CT molecular complexity index is 1130. The molecule has 0 unspecified atom stereocenters. The fourth-order valence-corrected chi connectivity index (χ4v) is 4.30. The minimum Gasteiger partial charge on any atom is -0.296 e. The summed E-state index contributed by atoms with van der Waals surface area (Å²) in [5, 5.41) is 2.00. The third-order valence-corrected chi connectivity index (χ3v) is 5.67. The largest absolute Gasteiger partial charge is 0.296 e. The highest BCUT2D eigenvalue weighted by Crippen LogP contribution is 2.23. The number of rotatable bonds is 6. The first-order valence-corrected chi connectivity index (χ1v) is 10.3. The van der Waals surface area contributed by atoms with Crippen LogP contribution in [0.4, 0.5) is 0 Å². The molecule has 0 saturated carbocycles. The zero-order valence-corrected chi connectivity index (χ0v) is 16.9. The molecule has 4 nitrogen and oxygen atoms in total. The van der Waals surface area contributed by atoms with Crippen LogP contribution in [-0.4, -0.2) is 21.3 Å². The van der Waals surface area contributed by atoms with Crippen LogP contribution in [0.25, 0.3) is 16.2 Å². The van der Waals surface area contributed by atoms with Crippen molar-refractivity contribution in [3.8, 4) is 11.3 Å². The van der Waals surface area contributed by atoms with Gasteiger partial charge in [0.2, 0.25) is 0 Å². The lowest BCUT2D eigenvalue weighted by atomic mass is 10.1. The van der Waals surface area contributed by atoms with E-state index in [1.807, 2.05) is 35.7 Å². The Labute approximate surface area is 168 Å². The highest BCUT2D eigenvalue weighted by atomic mass is 32.1. The predicted molar refractivity (Wildman–Crippen MR) is 116 cm³/mol. The van der Waals surface area contributed by atoms with Crippen LogP contribution in [-0.2, 0) is 19.5 Å². The van der Waals surface area contributed by atoms with Gasteiger partial charge in [0.25, 0.3) is 5.56 Å². The van der Waals surface area contributed by atoms with E-state index in [4.69, 9.17) is 4.98 Å². The molecule has 0 bridgehead atoms. The van der Waals surface area contributed by atoms with Gasteiger partial charge < -0.3 is 0 Å². The molecule has 5 heteroatoms. The number of hydrogen-bond acceptors (Lipinski definition) is 4. The Morgan fingerprint density at radius 2 is 1.71 bits per heavy atom. The van der Waals surface area contributed by atoms with Crippen LogP contribution in [0.1, 0.15) is 23.7 Å². The molecule has 142 valence electrons. The molecule has 0 fully saturated rings. The van der Waals surface area contributed by atoms with E-state index < -0.39 is 0 Å². The monoisotopic (exact) mass is 389 g/mol. The minimum atomic E-state index is -0.0270. The van der Waals surface area contributed by atoms with Gasteiger partial charge in [-0.05, 0) is 30.2 Å². The smallest absolute Gasteiger partial charge is 0.259 e. The van der Waals surface area contributed by atoms with Crippen molar-refractivity contribution in [1.29, 1.82) is 0 Å². The molecule has 28 heavy (non-hydrogen) atoms. The molecule has 2 aromatic heterocycles. The summed E-state index contributed by atoms with van der Waals surface area (Å²) in [6, 6.07) is 20.3. The molecular formula is C23H23N3OS. The van der Waals surface area contributed by atoms with Gasteiger partial charge >= 0.3 is 0 Å². The first-order valence-electron chi connectivity index (χ1n) is 9.46. The second-order valence-corrected chi connectivity index (χ2v) is 7.87. The molecule has 4 rings (SSSR count). The van der Waals surface area contributed by atoms with Gasteiger partial charge in [-0.2, -0.15) is 0 Å². The molecule has 2 heterocycles. The third kappa shape index (κ3) is 3.91. The average Bonchev–Trinajstić information content (AvgIpc) is 3.14. The van der Waals surface area contributed by atoms with Crippen molar-refractivity contribution in [2.75, 3.05) is 7.05 Å². The number of benzene rings is 2. The number of aryl methyl sites for hydroxylation is 1. The van der Waals surface area contributed by atoms with E-state index in [1.165, 1.54) is 22.5 Å². The maximum Gasteiger partial charge on any atom is 0.259 e. The number of nitrogens with zero attached hydrogens (tertiary/aromatic N) is 3. The van der Waals surface area contributed by atoms with Crippen LogP contribution in [0.5, 0.6) is 0 Å². The predicted octanol–water partition coefficient (Wildman–Crippen LogP) is 4.62. The summed E-state index contributed by atoms with van der Waals surface area (Å²) in [5.74, 6) is 0. The van der Waals surface area contributed by atoms with Crippen molar-refractivity contribution in [2.24, 2.45) is 0 Å². The Morgan fingerprint density at radius 1 is 1.00 bits per heavy atom. The molecular weight excluding hydrogens is 366 g/mol. The average molecular weight is 390 g/mol. The van der Waals surface area contributed by atoms with Crippen molar-refractivity contribution >= 4 is 16.3 Å². The quantitative estimate of drug-likeness (QED) is 0.483. The Kier molecular flexibility index (Phi) is 5.37. The van der Waals surface area contributed by atoms with Crippen LogP contribution in [0.2, 0.25) is 0 Å². The zero-order chi connectivity index (χ0) is 19.5. The number of aromatic nitrogens is 2. The SMILES string of the molecule is CCc1ccc(CN(C)Cc2cc(=O)n3c(-c4ccccc4)csc3n2)cc1. The summed E-state index contributed by atoms with van der Waals surface area (Å²) in [5.41, 5.74) is 5.31. The van der Waals surface area contributed by atoms with Gasteiger partial charge in [-0.1, -0.05) is 61.5 Å². The second-order valence-electron chi connectivity index (χ2n) is 7.03. The zero-order valence-electron chi connectivity index (χ0n) is 16.1. The van der Waals surface area contributed by atoms with Gasteiger partial charge in [0, 0.05) is 24.5 Å². The van der Waals surface area contributed by atoms with Crippen molar-refractivity contribution < 1.29 is 0 Å². The summed E-state index contributed by atoms with van der Waals surface area (Å²) >= 11 is 1.51. The molecule has 0 amide bonds. The van der Waals surface area contributed by atoms with Crippen LogP contribution in [0.3, 0.4) is 0 Å². The maximum absolute atomic E-state index is 12.8. The van der Waals surface area contributed by atoms with Gasteiger partial charge in [0.05, 0.1) is 11.4 Å². The van der Waals surface area contributed by atoms with Gasteiger partial charge in [0.1, 0.15) is 0 Å². The van der Waals surface area contributed by atoms with Crippen molar-refractivity contribution in [3.05, 3.63) is 93.2 Å². The summed E-state index contributed by atoms with van der Waals surface area (Å²) in [6.07, 6.45) is 1.05. The Morgan fingerprint density at radius 3 is 2.43 bits per heavy atom. The third-order valence-electron chi connectivity index (χ3n) is 4.84. The van der Waals surface area contributed by atoms with Gasteiger partial charge in [-0.15, -0.1) is 11.3 Å². The highest BCUT2D eigenvalue weighted by molar-refractivity contribution is 7.15.